The van der Waals surface area contributed by atoms with E-state index in [-0.39, 0.29) is 1.43 Å². The summed E-state index contributed by atoms with van der Waals surface area (Å²) in [7, 11) is 0. The summed E-state index contributed by atoms with van der Waals surface area (Å²) >= 11 is 0. The molecule has 0 saturated heterocycles. The summed E-state index contributed by atoms with van der Waals surface area (Å²) in [6.07, 6.45) is 1.25. The van der Waals surface area contributed by atoms with Crippen LogP contribution in [0.1, 0.15) is 21.7 Å². The van der Waals surface area contributed by atoms with E-state index in [1.165, 1.54) is 6.42 Å². The average molecular weight is 139 g/mol. The van der Waals surface area contributed by atoms with Crippen LogP contribution >= 0.6 is 0 Å². The number of hydrogen-bond donors (Lipinski definition) is 1. The highest BCUT2D eigenvalue weighted by molar-refractivity contribution is 5.35. The van der Waals surface area contributed by atoms with Gasteiger partial charge in [0.05, 0.1) is 0 Å². The van der Waals surface area contributed by atoms with Crippen molar-refractivity contribution in [3.63, 3.8) is 0 Å². The fourth-order valence-corrected chi connectivity index (χ4v) is 0.453. The van der Waals surface area contributed by atoms with Gasteiger partial charge < -0.3 is 5.73 Å². The molecule has 0 radical (unpaired) electrons. The van der Waals surface area contributed by atoms with Crippen LogP contribution < -0.4 is 5.73 Å². The van der Waals surface area contributed by atoms with Gasteiger partial charge in [-0.05, 0) is 12.1 Å². The average Bonchev–Trinajstić information content (AvgIpc) is 1.91. The third-order valence-electron chi connectivity index (χ3n) is 0.800. The quantitative estimate of drug-likeness (QED) is 0.549. The molecular formula is C9H17N. The summed E-state index contributed by atoms with van der Waals surface area (Å²) in [5, 5.41) is 0. The number of nitrogen functional groups attached to an aromatic ring is 1. The van der Waals surface area contributed by atoms with E-state index < -0.39 is 0 Å². The maximum absolute atomic E-state index is 5.36. The van der Waals surface area contributed by atoms with Crippen molar-refractivity contribution in [2.75, 3.05) is 5.73 Å². The highest BCUT2D eigenvalue weighted by Crippen LogP contribution is 1.95. The summed E-state index contributed by atoms with van der Waals surface area (Å²) < 4.78 is 0. The predicted octanol–water partition coefficient (Wildman–Crippen LogP) is 2.93. The van der Waals surface area contributed by atoms with Crippen molar-refractivity contribution < 1.29 is 1.43 Å². The largest absolute Gasteiger partial charge is 0.399 e. The molecule has 58 valence electrons. The van der Waals surface area contributed by atoms with E-state index in [2.05, 4.69) is 13.8 Å². The minimum Gasteiger partial charge on any atom is -0.399 e. The number of anilines is 1. The van der Waals surface area contributed by atoms with E-state index in [9.17, 15) is 0 Å². The second-order valence-corrected chi connectivity index (χ2v) is 2.12. The fourth-order valence-electron chi connectivity index (χ4n) is 0.453. The van der Waals surface area contributed by atoms with Crippen LogP contribution in [0.15, 0.2) is 30.3 Å². The van der Waals surface area contributed by atoms with Crippen molar-refractivity contribution in [2.24, 2.45) is 0 Å². The molecular weight excluding hydrogens is 122 g/mol. The number of benzene rings is 1. The van der Waals surface area contributed by atoms with Gasteiger partial charge in [-0.3, -0.25) is 0 Å². The Balaban J connectivity index is 0. The Hall–Kier alpha value is -0.980. The molecule has 0 amide bonds. The molecule has 0 fully saturated rings. The van der Waals surface area contributed by atoms with Crippen LogP contribution in [-0.4, -0.2) is 0 Å². The van der Waals surface area contributed by atoms with Crippen molar-refractivity contribution >= 4 is 5.69 Å². The molecule has 1 rings (SSSR count). The number of nitrogens with two attached hydrogens (primary N) is 1. The Morgan fingerprint density at radius 2 is 1.60 bits per heavy atom. The molecule has 0 bridgehead atoms. The first-order valence-electron chi connectivity index (χ1n) is 3.61. The Morgan fingerprint density at radius 1 is 1.20 bits per heavy atom. The molecule has 1 heteroatoms. The van der Waals surface area contributed by atoms with Crippen molar-refractivity contribution in [1.29, 1.82) is 0 Å². The lowest BCUT2D eigenvalue weighted by Crippen LogP contribution is -1.79. The zero-order valence-electron chi connectivity index (χ0n) is 6.67. The molecule has 0 aromatic heterocycles. The molecule has 0 spiro atoms. The van der Waals surface area contributed by atoms with Gasteiger partial charge in [0.15, 0.2) is 0 Å². The molecule has 1 aromatic carbocycles. The maximum Gasteiger partial charge on any atom is 0.0313 e. The Labute approximate surface area is 64.4 Å². The monoisotopic (exact) mass is 139 g/mol. The lowest BCUT2D eigenvalue weighted by molar-refractivity contribution is 1.09. The number of hydrogen-bond acceptors (Lipinski definition) is 1. The number of para-hydroxylation sites is 1. The number of rotatable bonds is 0. The minimum atomic E-state index is 0. The normalized spacial score (nSPS) is 7.80. The molecule has 2 N–H and O–H groups in total. The van der Waals surface area contributed by atoms with Crippen LogP contribution in [0.2, 0.25) is 0 Å². The molecule has 0 unspecified atom stereocenters. The second-order valence-electron chi connectivity index (χ2n) is 2.12. The van der Waals surface area contributed by atoms with Crippen LogP contribution in [0.5, 0.6) is 0 Å². The lowest BCUT2D eigenvalue weighted by Gasteiger charge is -1.83. The summed E-state index contributed by atoms with van der Waals surface area (Å²) in [4.78, 5) is 0. The highest BCUT2D eigenvalue weighted by Gasteiger charge is 1.72. The first kappa shape index (κ1) is 9.02. The van der Waals surface area contributed by atoms with E-state index >= 15 is 0 Å². The lowest BCUT2D eigenvalue weighted by atomic mass is 10.3. The van der Waals surface area contributed by atoms with Gasteiger partial charge in [0.2, 0.25) is 0 Å². The van der Waals surface area contributed by atoms with Gasteiger partial charge in [-0.2, -0.15) is 0 Å². The van der Waals surface area contributed by atoms with E-state index in [4.69, 9.17) is 5.73 Å². The van der Waals surface area contributed by atoms with E-state index in [1.807, 2.05) is 30.3 Å². The highest BCUT2D eigenvalue weighted by atomic mass is 14.5. The summed E-state index contributed by atoms with van der Waals surface area (Å²) in [6.45, 7) is 4.25. The van der Waals surface area contributed by atoms with Gasteiger partial charge in [-0.15, -0.1) is 0 Å². The fraction of sp³-hybridized carbons (Fsp3) is 0.333. The minimum absolute atomic E-state index is 0. The summed E-state index contributed by atoms with van der Waals surface area (Å²) in [6, 6.07) is 9.49. The molecule has 10 heavy (non-hydrogen) atoms. The smallest absolute Gasteiger partial charge is 0.0313 e. The van der Waals surface area contributed by atoms with Crippen LogP contribution in [0.25, 0.3) is 0 Å². The molecule has 0 atom stereocenters. The molecule has 0 saturated carbocycles. The molecule has 0 aliphatic rings. The van der Waals surface area contributed by atoms with Crippen molar-refractivity contribution in [3.8, 4) is 0 Å². The van der Waals surface area contributed by atoms with Gasteiger partial charge in [-0.25, -0.2) is 0 Å². The van der Waals surface area contributed by atoms with Crippen LogP contribution in [0.3, 0.4) is 0 Å². The SMILES string of the molecule is CCC.Nc1ccccc1.[HH]. The standard InChI is InChI=1S/C6H7N.C3H8.H2/c7-6-4-2-1-3-5-6;1-3-2;/h1-5H,7H2;3H2,1-2H3;1H. The zero-order valence-corrected chi connectivity index (χ0v) is 6.67. The Bertz CT molecular complexity index is 151. The van der Waals surface area contributed by atoms with E-state index in [0.29, 0.717) is 0 Å². The van der Waals surface area contributed by atoms with Gasteiger partial charge >= 0.3 is 0 Å². The maximum atomic E-state index is 5.36. The Kier molecular flexibility index (Phi) is 5.54. The van der Waals surface area contributed by atoms with Crippen molar-refractivity contribution in [2.45, 2.75) is 20.3 Å². The first-order chi connectivity index (χ1) is 4.81. The molecule has 1 aromatic rings. The van der Waals surface area contributed by atoms with Gasteiger partial charge in [0.1, 0.15) is 0 Å². The van der Waals surface area contributed by atoms with Crippen molar-refractivity contribution in [3.05, 3.63) is 30.3 Å². The zero-order chi connectivity index (χ0) is 7.82. The molecule has 0 aliphatic carbocycles. The molecule has 0 aliphatic heterocycles. The third kappa shape index (κ3) is 5.16. The van der Waals surface area contributed by atoms with E-state index in [0.717, 1.165) is 5.69 Å². The second kappa shape index (κ2) is 6.14. The van der Waals surface area contributed by atoms with E-state index in [1.54, 1.807) is 0 Å². The summed E-state index contributed by atoms with van der Waals surface area (Å²) in [5.41, 5.74) is 6.18. The van der Waals surface area contributed by atoms with Gasteiger partial charge in [0, 0.05) is 7.11 Å². The third-order valence-corrected chi connectivity index (χ3v) is 0.800. The van der Waals surface area contributed by atoms with Crippen LogP contribution in [0, 0.1) is 0 Å². The molecule has 1 nitrogen and oxygen atoms in total. The van der Waals surface area contributed by atoms with Crippen LogP contribution in [0.4, 0.5) is 5.69 Å². The Morgan fingerprint density at radius 3 is 1.80 bits per heavy atom. The predicted molar refractivity (Wildman–Crippen MR) is 48.9 cm³/mol. The van der Waals surface area contributed by atoms with Crippen molar-refractivity contribution in [1.82, 2.24) is 0 Å². The first-order valence-corrected chi connectivity index (χ1v) is 3.61. The topological polar surface area (TPSA) is 26.0 Å². The molecule has 0 heterocycles. The van der Waals surface area contributed by atoms with Gasteiger partial charge in [-0.1, -0.05) is 38.5 Å². The van der Waals surface area contributed by atoms with Crippen LogP contribution in [-0.2, 0) is 0 Å². The summed E-state index contributed by atoms with van der Waals surface area (Å²) in [5.74, 6) is 0. The van der Waals surface area contributed by atoms with Gasteiger partial charge in [0.25, 0.3) is 0 Å².